The lowest BCUT2D eigenvalue weighted by atomic mass is 9.50. The highest BCUT2D eigenvalue weighted by molar-refractivity contribution is 6.84. The van der Waals surface area contributed by atoms with Crippen molar-refractivity contribution in [3.05, 3.63) is 71.9 Å². The predicted molar refractivity (Wildman–Crippen MR) is 125 cm³/mol. The molecule has 0 saturated carbocycles. The second kappa shape index (κ2) is 9.91. The normalized spacial score (nSPS) is 12.6. The average Bonchev–Trinajstić information content (AvgIpc) is 2.63. The summed E-state index contributed by atoms with van der Waals surface area (Å²) < 4.78 is 3.33. The molecule has 0 saturated heterocycles. The number of alkyl halides is 3. The fraction of sp³-hybridized carbons (Fsp3) is 0.273. The Labute approximate surface area is 192 Å². The zero-order valence-corrected chi connectivity index (χ0v) is 19.5. The van der Waals surface area contributed by atoms with Gasteiger partial charge in [-0.1, -0.05) is 106 Å². The summed E-state index contributed by atoms with van der Waals surface area (Å²) in [5.41, 5.74) is 0.438. The third kappa shape index (κ3) is 6.80. The molecule has 0 bridgehead atoms. The van der Waals surface area contributed by atoms with E-state index in [-0.39, 0.29) is 11.3 Å². The van der Waals surface area contributed by atoms with Gasteiger partial charge in [-0.3, -0.25) is 4.79 Å². The van der Waals surface area contributed by atoms with Gasteiger partial charge in [0.05, 0.1) is 5.70 Å². The number of Topliss-reactive ketones (excluding diaryl/α,β-unsaturated/α-hetero) is 1. The van der Waals surface area contributed by atoms with Crippen molar-refractivity contribution < 1.29 is 14.3 Å². The van der Waals surface area contributed by atoms with Crippen LogP contribution in [0.1, 0.15) is 27.7 Å². The topological polar surface area (TPSA) is 55.4 Å². The van der Waals surface area contributed by atoms with Gasteiger partial charge in [-0.25, -0.2) is 4.79 Å². The Hall–Kier alpha value is -1.95. The molecule has 2 aromatic rings. The lowest BCUT2D eigenvalue weighted by molar-refractivity contribution is -0.150. The first kappa shape index (κ1) is 24.3. The van der Waals surface area contributed by atoms with Crippen LogP contribution in [0, 0.1) is 0 Å². The molecule has 30 heavy (non-hydrogen) atoms. The van der Waals surface area contributed by atoms with Gasteiger partial charge in [0.25, 0.3) is 0 Å². The van der Waals surface area contributed by atoms with Crippen molar-refractivity contribution in [3.8, 4) is 0 Å². The van der Waals surface area contributed by atoms with E-state index in [1.807, 2.05) is 60.7 Å². The molecule has 2 aromatic carbocycles. The Morgan fingerprint density at radius 3 is 1.63 bits per heavy atom. The molecule has 4 nitrogen and oxygen atoms in total. The molecule has 0 aromatic heterocycles. The molecule has 0 amide bonds. The van der Waals surface area contributed by atoms with Gasteiger partial charge in [0, 0.05) is 0 Å². The molecular weight excluding hydrogens is 443 g/mol. The number of esters is 1. The van der Waals surface area contributed by atoms with E-state index < -0.39 is 28.0 Å². The van der Waals surface area contributed by atoms with Crippen LogP contribution in [0.15, 0.2) is 71.9 Å². The number of hydrogen-bond acceptors (Lipinski definition) is 4. The van der Waals surface area contributed by atoms with Gasteiger partial charge in [-0.2, -0.15) is 0 Å². The third-order valence-electron chi connectivity index (χ3n) is 4.04. The van der Waals surface area contributed by atoms with Crippen LogP contribution in [-0.4, -0.2) is 28.0 Å². The molecule has 158 valence electrons. The van der Waals surface area contributed by atoms with E-state index in [0.29, 0.717) is 0 Å². The zero-order valence-electron chi connectivity index (χ0n) is 17.2. The van der Waals surface area contributed by atoms with E-state index >= 15 is 0 Å². The minimum absolute atomic E-state index is 0.132. The van der Waals surface area contributed by atoms with E-state index in [2.05, 4.69) is 5.23 Å². The summed E-state index contributed by atoms with van der Waals surface area (Å²) in [6, 6.07) is 18.9. The van der Waals surface area contributed by atoms with Crippen LogP contribution in [0.2, 0.25) is 0 Å². The van der Waals surface area contributed by atoms with Crippen LogP contribution in [0.25, 0.3) is 0 Å². The van der Waals surface area contributed by atoms with Crippen LogP contribution < -0.4 is 16.2 Å². The molecule has 0 radical (unpaired) electrons. The lowest BCUT2D eigenvalue weighted by Crippen LogP contribution is -2.55. The molecule has 0 aliphatic rings. The molecule has 1 N–H and O–H groups in total. The smallest absolute Gasteiger partial charge is 0.344 e. The predicted octanol–water partition coefficient (Wildman–Crippen LogP) is 3.94. The number of halogens is 3. The standard InChI is InChI=1S/C22H23BCl3NO3/c1-15(28)18(20(29)30-21(2,3)4)19(22(24,25)26)27-23(16-11-7-5-8-12-16)17-13-9-6-10-14-17/h5-14,27H,1-4H3/b19-18-. The van der Waals surface area contributed by atoms with Gasteiger partial charge in [0.2, 0.25) is 3.79 Å². The van der Waals surface area contributed by atoms with Crippen molar-refractivity contribution in [1.29, 1.82) is 0 Å². The average molecular weight is 467 g/mol. The largest absolute Gasteiger partial charge is 0.456 e. The van der Waals surface area contributed by atoms with Crippen LogP contribution in [0.4, 0.5) is 0 Å². The van der Waals surface area contributed by atoms with Gasteiger partial charge in [0.1, 0.15) is 11.2 Å². The summed E-state index contributed by atoms with van der Waals surface area (Å²) in [7, 11) is 0. The van der Waals surface area contributed by atoms with Gasteiger partial charge in [0.15, 0.2) is 5.78 Å². The molecule has 0 aliphatic carbocycles. The highest BCUT2D eigenvalue weighted by atomic mass is 35.6. The highest BCUT2D eigenvalue weighted by Crippen LogP contribution is 2.36. The molecule has 0 atom stereocenters. The highest BCUT2D eigenvalue weighted by Gasteiger charge is 2.38. The maximum absolute atomic E-state index is 12.8. The first-order valence-electron chi connectivity index (χ1n) is 9.32. The summed E-state index contributed by atoms with van der Waals surface area (Å²) in [5, 5.41) is 3.14. The summed E-state index contributed by atoms with van der Waals surface area (Å²) in [4.78, 5) is 25.3. The van der Waals surface area contributed by atoms with Crippen molar-refractivity contribution in [2.24, 2.45) is 0 Å². The number of benzene rings is 2. The van der Waals surface area contributed by atoms with Crippen LogP contribution in [-0.2, 0) is 14.3 Å². The molecule has 0 unspecified atom stereocenters. The SMILES string of the molecule is CC(=O)/C(C(=O)OC(C)(C)C)=C(/NB(c1ccccc1)c1ccccc1)C(Cl)(Cl)Cl. The molecule has 8 heteroatoms. The fourth-order valence-corrected chi connectivity index (χ4v) is 3.29. The fourth-order valence-electron chi connectivity index (χ4n) is 2.84. The summed E-state index contributed by atoms with van der Waals surface area (Å²) >= 11 is 18.7. The van der Waals surface area contributed by atoms with E-state index in [0.717, 1.165) is 10.9 Å². The Morgan fingerprint density at radius 1 is 0.867 bits per heavy atom. The number of allylic oxidation sites excluding steroid dienone is 1. The van der Waals surface area contributed by atoms with Crippen molar-refractivity contribution in [3.63, 3.8) is 0 Å². The molecule has 0 spiro atoms. The molecule has 0 aliphatic heterocycles. The molecule has 0 fully saturated rings. The van der Waals surface area contributed by atoms with Gasteiger partial charge >= 0.3 is 12.8 Å². The number of hydrogen-bond donors (Lipinski definition) is 1. The zero-order chi connectivity index (χ0) is 22.5. The van der Waals surface area contributed by atoms with E-state index in [1.165, 1.54) is 6.92 Å². The third-order valence-corrected chi connectivity index (χ3v) is 4.61. The molecule has 0 heterocycles. The number of ketones is 1. The Morgan fingerprint density at radius 2 is 1.30 bits per heavy atom. The summed E-state index contributed by atoms with van der Waals surface area (Å²) in [6.07, 6.45) is 0. The van der Waals surface area contributed by atoms with Crippen molar-refractivity contribution in [1.82, 2.24) is 5.23 Å². The van der Waals surface area contributed by atoms with Crippen LogP contribution in [0.5, 0.6) is 0 Å². The number of ether oxygens (including phenoxy) is 1. The monoisotopic (exact) mass is 465 g/mol. The Balaban J connectivity index is 2.64. The quantitative estimate of drug-likeness (QED) is 0.175. The molecule has 2 rings (SSSR count). The number of rotatable bonds is 6. The van der Waals surface area contributed by atoms with Gasteiger partial charge in [-0.05, 0) is 27.7 Å². The van der Waals surface area contributed by atoms with Gasteiger partial charge < -0.3 is 9.96 Å². The van der Waals surface area contributed by atoms with Gasteiger partial charge in [-0.15, -0.1) is 0 Å². The first-order chi connectivity index (χ1) is 13.9. The maximum atomic E-state index is 12.8. The second-order valence-corrected chi connectivity index (χ2v) is 9.99. The maximum Gasteiger partial charge on any atom is 0.344 e. The van der Waals surface area contributed by atoms with E-state index in [1.54, 1.807) is 20.8 Å². The number of carbonyl (C=O) groups excluding carboxylic acids is 2. The molecular formula is C22H23BCl3NO3. The number of nitrogens with one attached hydrogen (secondary N) is 1. The van der Waals surface area contributed by atoms with Crippen molar-refractivity contribution in [2.75, 3.05) is 0 Å². The van der Waals surface area contributed by atoms with Crippen molar-refractivity contribution >= 4 is 64.3 Å². The first-order valence-corrected chi connectivity index (χ1v) is 10.5. The summed E-state index contributed by atoms with van der Waals surface area (Å²) in [5.74, 6) is -1.43. The Bertz CT molecular complexity index is 881. The Kier molecular flexibility index (Phi) is 8.03. The minimum Gasteiger partial charge on any atom is -0.456 e. The van der Waals surface area contributed by atoms with E-state index in [9.17, 15) is 9.59 Å². The van der Waals surface area contributed by atoms with Crippen molar-refractivity contribution in [2.45, 2.75) is 37.1 Å². The lowest BCUT2D eigenvalue weighted by Gasteiger charge is -2.27. The second-order valence-electron chi connectivity index (χ2n) is 7.70. The summed E-state index contributed by atoms with van der Waals surface area (Å²) in [6.45, 7) is 5.85. The van der Waals surface area contributed by atoms with Crippen LogP contribution >= 0.6 is 34.8 Å². The number of carbonyl (C=O) groups is 2. The van der Waals surface area contributed by atoms with E-state index in [4.69, 9.17) is 39.5 Å². The minimum atomic E-state index is -2.07. The van der Waals surface area contributed by atoms with Crippen LogP contribution in [0.3, 0.4) is 0 Å².